The van der Waals surface area contributed by atoms with Crippen LogP contribution in [0.2, 0.25) is 0 Å². The molecular formula is C15H18F5N5O. The number of aryl methyl sites for hydroxylation is 3. The van der Waals surface area contributed by atoms with Crippen LogP contribution in [0.1, 0.15) is 35.6 Å². The van der Waals surface area contributed by atoms with E-state index in [0.717, 1.165) is 10.7 Å². The predicted octanol–water partition coefficient (Wildman–Crippen LogP) is 2.86. The molecule has 11 heteroatoms. The number of nitrogens with zero attached hydrogens (tertiary/aromatic N) is 4. The van der Waals surface area contributed by atoms with Gasteiger partial charge in [0.05, 0.1) is 5.69 Å². The lowest BCUT2D eigenvalue weighted by Crippen LogP contribution is -2.30. The van der Waals surface area contributed by atoms with Crippen LogP contribution in [0.5, 0.6) is 0 Å². The first kappa shape index (κ1) is 19.9. The molecule has 0 fully saturated rings. The SMILES string of the molecule is Cc1cc(C(F)F)n(CC(=O)NCCCn2nc(C(F)(F)F)cc2C)n1. The summed E-state index contributed by atoms with van der Waals surface area (Å²) in [7, 11) is 0. The molecular weight excluding hydrogens is 361 g/mol. The van der Waals surface area contributed by atoms with Crippen LogP contribution in [0, 0.1) is 13.8 Å². The second-order valence-electron chi connectivity index (χ2n) is 5.76. The van der Waals surface area contributed by atoms with Crippen molar-refractivity contribution in [1.82, 2.24) is 24.9 Å². The minimum atomic E-state index is -4.51. The number of hydrogen-bond donors (Lipinski definition) is 1. The Morgan fingerprint density at radius 1 is 1.19 bits per heavy atom. The molecule has 0 aliphatic heterocycles. The van der Waals surface area contributed by atoms with Crippen LogP contribution in [0.25, 0.3) is 0 Å². The Morgan fingerprint density at radius 3 is 2.46 bits per heavy atom. The highest BCUT2D eigenvalue weighted by Gasteiger charge is 2.34. The quantitative estimate of drug-likeness (QED) is 0.594. The largest absolute Gasteiger partial charge is 0.435 e. The smallest absolute Gasteiger partial charge is 0.354 e. The molecule has 2 aromatic heterocycles. The van der Waals surface area contributed by atoms with E-state index in [9.17, 15) is 26.7 Å². The Hall–Kier alpha value is -2.46. The number of aromatic nitrogens is 4. The summed E-state index contributed by atoms with van der Waals surface area (Å²) in [5.41, 5.74) is -0.572. The van der Waals surface area contributed by atoms with Gasteiger partial charge in [-0.3, -0.25) is 14.2 Å². The molecule has 0 atom stereocenters. The molecule has 0 spiro atoms. The molecule has 1 N–H and O–H groups in total. The molecule has 2 heterocycles. The van der Waals surface area contributed by atoms with Gasteiger partial charge in [-0.2, -0.15) is 23.4 Å². The fourth-order valence-corrected chi connectivity index (χ4v) is 2.39. The maximum absolute atomic E-state index is 12.8. The van der Waals surface area contributed by atoms with Gasteiger partial charge in [0.25, 0.3) is 6.43 Å². The van der Waals surface area contributed by atoms with Crippen molar-refractivity contribution < 1.29 is 26.7 Å². The Morgan fingerprint density at radius 2 is 1.88 bits per heavy atom. The third-order valence-electron chi connectivity index (χ3n) is 3.59. The van der Waals surface area contributed by atoms with Crippen molar-refractivity contribution in [3.63, 3.8) is 0 Å². The van der Waals surface area contributed by atoms with Gasteiger partial charge in [-0.15, -0.1) is 0 Å². The van der Waals surface area contributed by atoms with Crippen LogP contribution in [-0.2, 0) is 24.1 Å². The van der Waals surface area contributed by atoms with E-state index in [0.29, 0.717) is 17.8 Å². The molecule has 0 saturated carbocycles. The Kier molecular flexibility index (Phi) is 5.98. The predicted molar refractivity (Wildman–Crippen MR) is 81.5 cm³/mol. The Bertz CT molecular complexity index is 765. The summed E-state index contributed by atoms with van der Waals surface area (Å²) in [6.07, 6.45) is -6.91. The number of carbonyl (C=O) groups excluding carboxylic acids is 1. The van der Waals surface area contributed by atoms with Gasteiger partial charge in [0.1, 0.15) is 12.2 Å². The highest BCUT2D eigenvalue weighted by molar-refractivity contribution is 5.75. The van der Waals surface area contributed by atoms with Gasteiger partial charge < -0.3 is 5.32 Å². The molecule has 2 aromatic rings. The molecule has 0 aliphatic carbocycles. The van der Waals surface area contributed by atoms with Crippen molar-refractivity contribution in [3.05, 3.63) is 34.9 Å². The highest BCUT2D eigenvalue weighted by Crippen LogP contribution is 2.28. The third kappa shape index (κ3) is 5.02. The zero-order chi connectivity index (χ0) is 19.5. The average molecular weight is 379 g/mol. The first-order valence-electron chi connectivity index (χ1n) is 7.78. The second-order valence-corrected chi connectivity index (χ2v) is 5.76. The van der Waals surface area contributed by atoms with E-state index in [1.807, 2.05) is 0 Å². The van der Waals surface area contributed by atoms with Gasteiger partial charge in [0, 0.05) is 18.8 Å². The average Bonchev–Trinajstić information content (AvgIpc) is 3.06. The van der Waals surface area contributed by atoms with Crippen LogP contribution in [-0.4, -0.2) is 32.0 Å². The molecule has 26 heavy (non-hydrogen) atoms. The van der Waals surface area contributed by atoms with E-state index in [-0.39, 0.29) is 25.3 Å². The van der Waals surface area contributed by atoms with Gasteiger partial charge in [-0.05, 0) is 32.4 Å². The number of nitrogens with one attached hydrogen (secondary N) is 1. The summed E-state index contributed by atoms with van der Waals surface area (Å²) in [5, 5.41) is 9.85. The molecule has 0 aliphatic rings. The van der Waals surface area contributed by atoms with Crippen LogP contribution in [0.4, 0.5) is 22.0 Å². The molecule has 0 radical (unpaired) electrons. The first-order valence-corrected chi connectivity index (χ1v) is 7.78. The van der Waals surface area contributed by atoms with E-state index >= 15 is 0 Å². The van der Waals surface area contributed by atoms with Gasteiger partial charge in [0.2, 0.25) is 5.91 Å². The van der Waals surface area contributed by atoms with Crippen molar-refractivity contribution in [1.29, 1.82) is 0 Å². The number of alkyl halides is 5. The van der Waals surface area contributed by atoms with Crippen molar-refractivity contribution in [2.45, 2.75) is 46.0 Å². The van der Waals surface area contributed by atoms with Crippen LogP contribution < -0.4 is 5.32 Å². The molecule has 6 nitrogen and oxygen atoms in total. The summed E-state index contributed by atoms with van der Waals surface area (Å²) in [6.45, 7) is 3.05. The van der Waals surface area contributed by atoms with Crippen molar-refractivity contribution in [2.24, 2.45) is 0 Å². The molecule has 0 unspecified atom stereocenters. The van der Waals surface area contributed by atoms with E-state index in [1.54, 1.807) is 6.92 Å². The number of halogens is 5. The second kappa shape index (κ2) is 7.83. The standard InChI is InChI=1S/C15H18F5N5O/c1-9-6-11(14(16)17)25(22-9)8-13(26)21-4-3-5-24-10(2)7-12(23-24)15(18,19)20/h6-7,14H,3-5,8H2,1-2H3,(H,21,26). The minimum absolute atomic E-state index is 0.170. The van der Waals surface area contributed by atoms with Gasteiger partial charge >= 0.3 is 6.18 Å². The molecule has 144 valence electrons. The lowest BCUT2D eigenvalue weighted by molar-refractivity contribution is -0.141. The normalized spacial score (nSPS) is 12.0. The van der Waals surface area contributed by atoms with Crippen molar-refractivity contribution in [3.8, 4) is 0 Å². The molecule has 0 saturated heterocycles. The first-order chi connectivity index (χ1) is 12.1. The number of amides is 1. The summed E-state index contributed by atoms with van der Waals surface area (Å²) in [5.74, 6) is -0.511. The molecule has 0 aromatic carbocycles. The van der Waals surface area contributed by atoms with Gasteiger partial charge in [0.15, 0.2) is 5.69 Å². The maximum atomic E-state index is 12.8. The lowest BCUT2D eigenvalue weighted by atomic mass is 10.3. The van der Waals surface area contributed by atoms with Crippen LogP contribution in [0.3, 0.4) is 0 Å². The monoisotopic (exact) mass is 379 g/mol. The Balaban J connectivity index is 1.82. The molecule has 0 bridgehead atoms. The van der Waals surface area contributed by atoms with Crippen LogP contribution in [0.15, 0.2) is 12.1 Å². The minimum Gasteiger partial charge on any atom is -0.354 e. The van der Waals surface area contributed by atoms with Crippen molar-refractivity contribution in [2.75, 3.05) is 6.54 Å². The van der Waals surface area contributed by atoms with Gasteiger partial charge in [-0.1, -0.05) is 0 Å². The third-order valence-corrected chi connectivity index (χ3v) is 3.59. The summed E-state index contributed by atoms with van der Waals surface area (Å²) in [6, 6.07) is 2.15. The topological polar surface area (TPSA) is 64.7 Å². The van der Waals surface area contributed by atoms with E-state index in [4.69, 9.17) is 0 Å². The highest BCUT2D eigenvalue weighted by atomic mass is 19.4. The Labute approximate surface area is 146 Å². The van der Waals surface area contributed by atoms with Gasteiger partial charge in [-0.25, -0.2) is 8.78 Å². The van der Waals surface area contributed by atoms with E-state index in [2.05, 4.69) is 15.5 Å². The number of rotatable bonds is 7. The number of hydrogen-bond acceptors (Lipinski definition) is 3. The lowest BCUT2D eigenvalue weighted by Gasteiger charge is -2.09. The fourth-order valence-electron chi connectivity index (χ4n) is 2.39. The van der Waals surface area contributed by atoms with E-state index < -0.39 is 24.2 Å². The number of carbonyl (C=O) groups is 1. The fraction of sp³-hybridized carbons (Fsp3) is 0.533. The zero-order valence-electron chi connectivity index (χ0n) is 14.1. The van der Waals surface area contributed by atoms with Crippen molar-refractivity contribution >= 4 is 5.91 Å². The summed E-state index contributed by atoms with van der Waals surface area (Å²) < 4.78 is 65.5. The summed E-state index contributed by atoms with van der Waals surface area (Å²) in [4.78, 5) is 11.8. The molecule has 1 amide bonds. The van der Waals surface area contributed by atoms with E-state index in [1.165, 1.54) is 17.7 Å². The summed E-state index contributed by atoms with van der Waals surface area (Å²) >= 11 is 0. The maximum Gasteiger partial charge on any atom is 0.435 e. The van der Waals surface area contributed by atoms with Crippen LogP contribution >= 0.6 is 0 Å². The molecule has 2 rings (SSSR count). The zero-order valence-corrected chi connectivity index (χ0v) is 14.1.